The Hall–Kier alpha value is -4.45. The molecule has 43 heavy (non-hydrogen) atoms. The van der Waals surface area contributed by atoms with E-state index in [9.17, 15) is 14.4 Å². The summed E-state index contributed by atoms with van der Waals surface area (Å²) in [5.41, 5.74) is 18.1. The molecule has 1 aliphatic rings. The van der Waals surface area contributed by atoms with Gasteiger partial charge in [-0.2, -0.15) is 0 Å². The number of aliphatic imine (C=N–C) groups is 1. The van der Waals surface area contributed by atoms with Gasteiger partial charge in [0.25, 0.3) is 5.91 Å². The van der Waals surface area contributed by atoms with Crippen LogP contribution in [0.5, 0.6) is 0 Å². The number of thiazole rings is 1. The first-order chi connectivity index (χ1) is 20.8. The smallest absolute Gasteiger partial charge is 0.255 e. The molecule has 2 amide bonds. The van der Waals surface area contributed by atoms with Crippen molar-refractivity contribution in [1.82, 2.24) is 15.2 Å². The highest BCUT2D eigenvalue weighted by Crippen LogP contribution is 2.30. The summed E-state index contributed by atoms with van der Waals surface area (Å²) in [4.78, 5) is 52.1. The fourth-order valence-corrected chi connectivity index (χ4v) is 6.58. The number of hydrogen-bond acceptors (Lipinski definition) is 8. The lowest BCUT2D eigenvalue weighted by Gasteiger charge is -2.33. The maximum absolute atomic E-state index is 14.0. The molecule has 2 heterocycles. The Balaban J connectivity index is 1.40. The molecule has 1 aromatic heterocycles. The van der Waals surface area contributed by atoms with Gasteiger partial charge in [-0.05, 0) is 55.5 Å². The van der Waals surface area contributed by atoms with E-state index in [4.69, 9.17) is 17.2 Å². The molecule has 1 fully saturated rings. The summed E-state index contributed by atoms with van der Waals surface area (Å²) < 4.78 is 0.910. The molecule has 0 unspecified atom stereocenters. The second kappa shape index (κ2) is 13.2. The molecule has 1 aliphatic heterocycles. The van der Waals surface area contributed by atoms with E-state index in [-0.39, 0.29) is 11.7 Å². The molecular formula is C32H35N7O3S. The van der Waals surface area contributed by atoms with E-state index in [1.807, 2.05) is 41.3 Å². The summed E-state index contributed by atoms with van der Waals surface area (Å²) in [7, 11) is 0. The van der Waals surface area contributed by atoms with Crippen LogP contribution in [0.4, 0.5) is 0 Å². The van der Waals surface area contributed by atoms with Gasteiger partial charge in [0.15, 0.2) is 11.0 Å². The van der Waals surface area contributed by atoms with Crippen LogP contribution in [0, 0.1) is 0 Å². The number of amides is 2. The van der Waals surface area contributed by atoms with Crippen molar-refractivity contribution in [3.63, 3.8) is 0 Å². The number of nitrogens with one attached hydrogen (secondary N) is 1. The van der Waals surface area contributed by atoms with E-state index in [0.29, 0.717) is 54.9 Å². The van der Waals surface area contributed by atoms with Crippen molar-refractivity contribution in [2.24, 2.45) is 22.2 Å². The Kier molecular flexibility index (Phi) is 9.24. The van der Waals surface area contributed by atoms with Crippen LogP contribution < -0.4 is 22.5 Å². The average molecular weight is 598 g/mol. The Morgan fingerprint density at radius 3 is 2.23 bits per heavy atom. The first-order valence-electron chi connectivity index (χ1n) is 14.2. The topological polar surface area (TPSA) is 170 Å². The largest absolute Gasteiger partial charge is 0.370 e. The van der Waals surface area contributed by atoms with Gasteiger partial charge in [0.2, 0.25) is 11.7 Å². The number of rotatable bonds is 11. The third kappa shape index (κ3) is 6.48. The Labute approximate surface area is 254 Å². The fraction of sp³-hybridized carbons (Fsp3) is 0.281. The van der Waals surface area contributed by atoms with Crippen molar-refractivity contribution in [2.45, 2.75) is 43.3 Å². The van der Waals surface area contributed by atoms with E-state index in [2.05, 4.69) is 15.3 Å². The quantitative estimate of drug-likeness (QED) is 0.0885. The van der Waals surface area contributed by atoms with Crippen LogP contribution >= 0.6 is 11.3 Å². The van der Waals surface area contributed by atoms with Gasteiger partial charge in [0.1, 0.15) is 5.54 Å². The van der Waals surface area contributed by atoms with E-state index < -0.39 is 29.4 Å². The highest BCUT2D eigenvalue weighted by Gasteiger charge is 2.43. The molecule has 0 bridgehead atoms. The molecule has 7 N–H and O–H groups in total. The number of fused-ring (bicyclic) bond motifs is 1. The lowest BCUT2D eigenvalue weighted by molar-refractivity contribution is -0.135. The standard InChI is InChI=1S/C32H35N7O3S/c33-31(34)36-19-9-16-24(27(40)29-37-23-15-7-8-18-26(23)43-29)39-20-10-17-25(39)28(41)38-30(42)32(35,21-11-3-1-4-12-21)22-13-5-2-6-14-22/h1-8,11-15,18,24-25H,9-10,16-17,19-20,35H2,(H4,33,34,36)(H,38,41,42)/t24-,25-/m0/s1. The Morgan fingerprint density at radius 2 is 1.60 bits per heavy atom. The van der Waals surface area contributed by atoms with Gasteiger partial charge in [-0.15, -0.1) is 11.3 Å². The summed E-state index contributed by atoms with van der Waals surface area (Å²) in [5.74, 6) is -1.31. The number of imide groups is 1. The van der Waals surface area contributed by atoms with Crippen LogP contribution in [0.3, 0.4) is 0 Å². The predicted molar refractivity (Wildman–Crippen MR) is 168 cm³/mol. The lowest BCUT2D eigenvalue weighted by atomic mass is 9.83. The molecule has 0 saturated carbocycles. The summed E-state index contributed by atoms with van der Waals surface area (Å²) in [6.07, 6.45) is 2.12. The minimum Gasteiger partial charge on any atom is -0.370 e. The zero-order valence-corrected chi connectivity index (χ0v) is 24.5. The van der Waals surface area contributed by atoms with Crippen LogP contribution in [-0.4, -0.2) is 58.6 Å². The van der Waals surface area contributed by atoms with Gasteiger partial charge >= 0.3 is 0 Å². The van der Waals surface area contributed by atoms with Crippen molar-refractivity contribution in [3.05, 3.63) is 101 Å². The molecule has 0 spiro atoms. The highest BCUT2D eigenvalue weighted by molar-refractivity contribution is 7.20. The average Bonchev–Trinajstić information content (AvgIpc) is 3.69. The number of hydrogen-bond donors (Lipinski definition) is 4. The second-order valence-electron chi connectivity index (χ2n) is 10.6. The van der Waals surface area contributed by atoms with E-state index in [0.717, 1.165) is 10.2 Å². The maximum Gasteiger partial charge on any atom is 0.255 e. The maximum atomic E-state index is 14.0. The molecule has 2 atom stereocenters. The Morgan fingerprint density at radius 1 is 0.977 bits per heavy atom. The zero-order chi connectivity index (χ0) is 30.4. The molecule has 5 rings (SSSR count). The minimum absolute atomic E-state index is 0.0203. The monoisotopic (exact) mass is 597 g/mol. The number of aromatic nitrogens is 1. The van der Waals surface area contributed by atoms with Crippen molar-refractivity contribution < 1.29 is 14.4 Å². The molecule has 10 nitrogen and oxygen atoms in total. The molecule has 11 heteroatoms. The van der Waals surface area contributed by atoms with Gasteiger partial charge in [-0.1, -0.05) is 72.8 Å². The molecule has 3 aromatic carbocycles. The van der Waals surface area contributed by atoms with Gasteiger partial charge < -0.3 is 17.2 Å². The SMILES string of the molecule is NC(N)=NCCC[C@@H](C(=O)c1nc2ccccc2s1)N1CCC[C@H]1C(=O)NC(=O)C(N)(c1ccccc1)c1ccccc1. The van der Waals surface area contributed by atoms with Crippen LogP contribution in [0.1, 0.15) is 46.6 Å². The summed E-state index contributed by atoms with van der Waals surface area (Å²) in [6.45, 7) is 0.861. The Bertz CT molecular complexity index is 1550. The predicted octanol–water partition coefficient (Wildman–Crippen LogP) is 2.91. The number of likely N-dealkylation sites (tertiary alicyclic amines) is 1. The van der Waals surface area contributed by atoms with Crippen LogP contribution in [0.25, 0.3) is 10.2 Å². The molecule has 0 aliphatic carbocycles. The molecule has 0 radical (unpaired) electrons. The third-order valence-corrected chi connectivity index (χ3v) is 8.84. The molecule has 222 valence electrons. The zero-order valence-electron chi connectivity index (χ0n) is 23.7. The molecule has 4 aromatic rings. The number of guanidine groups is 1. The van der Waals surface area contributed by atoms with Gasteiger partial charge in [-0.25, -0.2) is 4.98 Å². The first kappa shape index (κ1) is 30.0. The number of carbonyl (C=O) groups excluding carboxylic acids is 3. The first-order valence-corrected chi connectivity index (χ1v) is 15.1. The van der Waals surface area contributed by atoms with E-state index in [1.54, 1.807) is 48.5 Å². The van der Waals surface area contributed by atoms with Crippen molar-refractivity contribution >= 4 is 45.1 Å². The summed E-state index contributed by atoms with van der Waals surface area (Å²) in [5, 5.41) is 2.98. The number of Topliss-reactive ketones (excluding diaryl/α,β-unsaturated/α-hetero) is 1. The van der Waals surface area contributed by atoms with Crippen molar-refractivity contribution in [3.8, 4) is 0 Å². The van der Waals surface area contributed by atoms with E-state index >= 15 is 0 Å². The van der Waals surface area contributed by atoms with Crippen molar-refractivity contribution in [2.75, 3.05) is 13.1 Å². The normalized spacial score (nSPS) is 16.1. The number of carbonyl (C=O) groups is 3. The molecular weight excluding hydrogens is 562 g/mol. The van der Waals surface area contributed by atoms with Crippen molar-refractivity contribution in [1.29, 1.82) is 0 Å². The second-order valence-corrected chi connectivity index (χ2v) is 11.6. The number of nitrogens with zero attached hydrogens (tertiary/aromatic N) is 3. The van der Waals surface area contributed by atoms with E-state index in [1.165, 1.54) is 11.3 Å². The number of ketones is 1. The highest BCUT2D eigenvalue weighted by atomic mass is 32.1. The fourth-order valence-electron chi connectivity index (χ4n) is 5.63. The number of nitrogens with two attached hydrogens (primary N) is 3. The van der Waals surface area contributed by atoms with Crippen LogP contribution in [-0.2, 0) is 15.1 Å². The number of para-hydroxylation sites is 1. The van der Waals surface area contributed by atoms with Crippen LogP contribution in [0.15, 0.2) is 89.9 Å². The lowest BCUT2D eigenvalue weighted by Crippen LogP contribution is -2.57. The van der Waals surface area contributed by atoms with Crippen LogP contribution in [0.2, 0.25) is 0 Å². The van der Waals surface area contributed by atoms with Gasteiger partial charge in [-0.3, -0.25) is 29.6 Å². The summed E-state index contributed by atoms with van der Waals surface area (Å²) in [6, 6.07) is 24.2. The molecule has 1 saturated heterocycles. The summed E-state index contributed by atoms with van der Waals surface area (Å²) >= 11 is 1.33. The number of benzene rings is 3. The van der Waals surface area contributed by atoms with Gasteiger partial charge in [0, 0.05) is 6.54 Å². The third-order valence-electron chi connectivity index (χ3n) is 7.79. The minimum atomic E-state index is -1.60. The van der Waals surface area contributed by atoms with Gasteiger partial charge in [0.05, 0.1) is 22.3 Å².